The highest BCUT2D eigenvalue weighted by Crippen LogP contribution is 2.37. The number of halogens is 4. The van der Waals surface area contributed by atoms with Crippen molar-refractivity contribution in [2.75, 3.05) is 12.4 Å². The molecular formula is C24H17ClF3N3O3S. The maximum absolute atomic E-state index is 13.0. The maximum Gasteiger partial charge on any atom is 0.416 e. The van der Waals surface area contributed by atoms with Gasteiger partial charge in [-0.2, -0.15) is 18.4 Å². The number of carbonyl (C=O) groups is 2. The van der Waals surface area contributed by atoms with Crippen LogP contribution in [-0.2, 0) is 15.7 Å². The summed E-state index contributed by atoms with van der Waals surface area (Å²) in [5.74, 6) is -0.933. The van der Waals surface area contributed by atoms with Crippen molar-refractivity contribution in [1.29, 1.82) is 5.26 Å². The predicted octanol–water partition coefficient (Wildman–Crippen LogP) is 6.32. The number of nitrogens with zero attached hydrogens (tertiary/aromatic N) is 2. The van der Waals surface area contributed by atoms with Crippen molar-refractivity contribution in [2.24, 2.45) is 0 Å². The van der Waals surface area contributed by atoms with Crippen LogP contribution in [0.3, 0.4) is 0 Å². The molecule has 35 heavy (non-hydrogen) atoms. The summed E-state index contributed by atoms with van der Waals surface area (Å²) < 4.78 is 43.7. The molecule has 0 spiro atoms. The Hall–Kier alpha value is -3.55. The molecule has 0 aliphatic heterocycles. The molecule has 3 aromatic rings. The quantitative estimate of drug-likeness (QED) is 0.383. The summed E-state index contributed by atoms with van der Waals surface area (Å²) in [5, 5.41) is 12.4. The van der Waals surface area contributed by atoms with E-state index >= 15 is 0 Å². The van der Waals surface area contributed by atoms with Crippen molar-refractivity contribution in [1.82, 2.24) is 10.3 Å². The molecule has 6 nitrogen and oxygen atoms in total. The van der Waals surface area contributed by atoms with Crippen molar-refractivity contribution < 1.29 is 27.5 Å². The Balaban J connectivity index is 2.06. The van der Waals surface area contributed by atoms with Crippen LogP contribution in [0.25, 0.3) is 22.4 Å². The average molecular weight is 520 g/mol. The van der Waals surface area contributed by atoms with Gasteiger partial charge in [0.2, 0.25) is 5.91 Å². The van der Waals surface area contributed by atoms with Gasteiger partial charge in [-0.1, -0.05) is 53.7 Å². The molecule has 2 aromatic carbocycles. The zero-order chi connectivity index (χ0) is 25.6. The van der Waals surface area contributed by atoms with Crippen LogP contribution < -0.4 is 5.32 Å². The van der Waals surface area contributed by atoms with Crippen molar-refractivity contribution in [3.63, 3.8) is 0 Å². The van der Waals surface area contributed by atoms with Crippen LogP contribution >= 0.6 is 23.4 Å². The molecule has 2 amide bonds. The highest BCUT2D eigenvalue weighted by molar-refractivity contribution is 8.00. The van der Waals surface area contributed by atoms with Crippen LogP contribution in [0.1, 0.15) is 18.1 Å². The number of amides is 2. The fourth-order valence-electron chi connectivity index (χ4n) is 3.06. The molecule has 0 saturated heterocycles. The topological polar surface area (TPSA) is 92.1 Å². The number of benzene rings is 2. The van der Waals surface area contributed by atoms with Gasteiger partial charge in [-0.25, -0.2) is 9.78 Å². The number of carbonyl (C=O) groups excluding carboxylic acids is 2. The number of ether oxygens (including phenoxy) is 1. The summed E-state index contributed by atoms with van der Waals surface area (Å²) >= 11 is 7.21. The van der Waals surface area contributed by atoms with E-state index in [1.54, 1.807) is 37.3 Å². The normalized spacial score (nSPS) is 11.0. The second-order valence-electron chi connectivity index (χ2n) is 6.96. The first-order valence-electron chi connectivity index (χ1n) is 10.1. The fourth-order valence-corrected chi connectivity index (χ4v) is 4.09. The van der Waals surface area contributed by atoms with Gasteiger partial charge in [-0.05, 0) is 36.8 Å². The molecular weight excluding hydrogens is 503 g/mol. The molecule has 0 fully saturated rings. The number of imide groups is 1. The smallest absolute Gasteiger partial charge is 0.416 e. The molecule has 1 N–H and O–H groups in total. The average Bonchev–Trinajstić information content (AvgIpc) is 2.82. The minimum atomic E-state index is -4.51. The first-order chi connectivity index (χ1) is 16.6. The van der Waals surface area contributed by atoms with Gasteiger partial charge in [0.25, 0.3) is 0 Å². The molecule has 0 bridgehead atoms. The second-order valence-corrected chi connectivity index (χ2v) is 8.33. The number of thioether (sulfide) groups is 1. The third-order valence-corrected chi connectivity index (χ3v) is 5.93. The van der Waals surface area contributed by atoms with Gasteiger partial charge in [-0.15, -0.1) is 0 Å². The van der Waals surface area contributed by atoms with Crippen molar-refractivity contribution >= 4 is 35.4 Å². The van der Waals surface area contributed by atoms with Crippen LogP contribution in [0.5, 0.6) is 0 Å². The zero-order valence-electron chi connectivity index (χ0n) is 18.1. The molecule has 3 rings (SSSR count). The fraction of sp³-hybridized carbons (Fsp3) is 0.167. The summed E-state index contributed by atoms with van der Waals surface area (Å²) in [6.45, 7) is 1.67. The molecule has 0 aliphatic rings. The number of alkyl carbamates (subject to hydrolysis) is 1. The van der Waals surface area contributed by atoms with E-state index in [1.165, 1.54) is 12.1 Å². The van der Waals surface area contributed by atoms with Gasteiger partial charge in [0.15, 0.2) is 0 Å². The van der Waals surface area contributed by atoms with E-state index in [0.29, 0.717) is 27.4 Å². The molecule has 0 saturated carbocycles. The SMILES string of the molecule is CCOC(=O)NC(=O)CSc1nc(-c2ccccc2Cl)cc(-c2ccc(C(F)(F)F)cc2)c1C#N. The van der Waals surface area contributed by atoms with Gasteiger partial charge in [0.05, 0.1) is 29.2 Å². The number of pyridine rings is 1. The van der Waals surface area contributed by atoms with E-state index in [1.807, 2.05) is 6.07 Å². The van der Waals surface area contributed by atoms with Crippen LogP contribution in [0, 0.1) is 11.3 Å². The number of nitrogens with one attached hydrogen (secondary N) is 1. The summed E-state index contributed by atoms with van der Waals surface area (Å²) in [5.41, 5.74) is 0.796. The largest absolute Gasteiger partial charge is 0.450 e. The number of nitriles is 1. The third kappa shape index (κ3) is 6.53. The molecule has 0 aliphatic carbocycles. The lowest BCUT2D eigenvalue weighted by atomic mass is 9.98. The summed E-state index contributed by atoms with van der Waals surface area (Å²) in [7, 11) is 0. The van der Waals surface area contributed by atoms with Gasteiger partial charge >= 0.3 is 12.3 Å². The molecule has 1 aromatic heterocycles. The number of aromatic nitrogens is 1. The van der Waals surface area contributed by atoms with Crippen molar-refractivity contribution in [3.8, 4) is 28.5 Å². The summed E-state index contributed by atoms with van der Waals surface area (Å²) in [6, 6.07) is 14.8. The van der Waals surface area contributed by atoms with Crippen LogP contribution in [0.15, 0.2) is 59.6 Å². The van der Waals surface area contributed by atoms with Crippen molar-refractivity contribution in [3.05, 3.63) is 70.7 Å². The Bertz CT molecular complexity index is 1290. The van der Waals surface area contributed by atoms with E-state index < -0.39 is 23.7 Å². The first-order valence-corrected chi connectivity index (χ1v) is 11.5. The van der Waals surface area contributed by atoms with Crippen LogP contribution in [0.4, 0.5) is 18.0 Å². The zero-order valence-corrected chi connectivity index (χ0v) is 19.7. The lowest BCUT2D eigenvalue weighted by Crippen LogP contribution is -2.32. The Morgan fingerprint density at radius 1 is 1.14 bits per heavy atom. The van der Waals surface area contributed by atoms with Crippen molar-refractivity contribution in [2.45, 2.75) is 18.1 Å². The minimum Gasteiger partial charge on any atom is -0.450 e. The lowest BCUT2D eigenvalue weighted by Gasteiger charge is -2.14. The minimum absolute atomic E-state index is 0.0643. The number of hydrogen-bond donors (Lipinski definition) is 1. The summed E-state index contributed by atoms with van der Waals surface area (Å²) in [6.07, 6.45) is -5.41. The van der Waals surface area contributed by atoms with E-state index in [-0.39, 0.29) is 22.9 Å². The summed E-state index contributed by atoms with van der Waals surface area (Å²) in [4.78, 5) is 28.1. The standard InChI is InChI=1S/C24H17ClF3N3O3S/c1-2-34-23(33)31-21(32)13-35-22-18(12-29)17(14-7-9-15(10-8-14)24(26,27)28)11-20(30-22)16-5-3-4-6-19(16)25/h3-11H,2,13H2,1H3,(H,31,32,33). The maximum atomic E-state index is 13.0. The number of rotatable bonds is 6. The first kappa shape index (κ1) is 26.1. The van der Waals surface area contributed by atoms with E-state index in [2.05, 4.69) is 15.0 Å². The Morgan fingerprint density at radius 3 is 2.43 bits per heavy atom. The monoisotopic (exact) mass is 519 g/mol. The second kappa shape index (κ2) is 11.3. The number of alkyl halides is 3. The molecule has 11 heteroatoms. The van der Waals surface area contributed by atoms with Crippen LogP contribution in [0.2, 0.25) is 5.02 Å². The van der Waals surface area contributed by atoms with E-state index in [0.717, 1.165) is 23.9 Å². The Labute approximate surface area is 208 Å². The molecule has 180 valence electrons. The molecule has 0 radical (unpaired) electrons. The van der Waals surface area contributed by atoms with Gasteiger partial charge in [0, 0.05) is 16.1 Å². The molecule has 1 heterocycles. The number of hydrogen-bond acceptors (Lipinski definition) is 6. The Kier molecular flexibility index (Phi) is 8.38. The van der Waals surface area contributed by atoms with Gasteiger partial charge in [-0.3, -0.25) is 10.1 Å². The highest BCUT2D eigenvalue weighted by Gasteiger charge is 2.30. The van der Waals surface area contributed by atoms with E-state index in [4.69, 9.17) is 11.6 Å². The molecule has 0 unspecified atom stereocenters. The van der Waals surface area contributed by atoms with Gasteiger partial charge < -0.3 is 4.74 Å². The Morgan fingerprint density at radius 2 is 1.83 bits per heavy atom. The third-order valence-electron chi connectivity index (χ3n) is 4.63. The highest BCUT2D eigenvalue weighted by atomic mass is 35.5. The molecule has 0 atom stereocenters. The lowest BCUT2D eigenvalue weighted by molar-refractivity contribution is -0.137. The predicted molar refractivity (Wildman–Crippen MR) is 126 cm³/mol. The van der Waals surface area contributed by atoms with Crippen LogP contribution in [-0.4, -0.2) is 29.3 Å². The van der Waals surface area contributed by atoms with Gasteiger partial charge in [0.1, 0.15) is 11.1 Å². The van der Waals surface area contributed by atoms with E-state index in [9.17, 15) is 28.0 Å².